The van der Waals surface area contributed by atoms with E-state index in [0.717, 1.165) is 5.69 Å². The summed E-state index contributed by atoms with van der Waals surface area (Å²) in [5, 5.41) is 16.0. The first-order valence-corrected chi connectivity index (χ1v) is 5.37. The lowest BCUT2D eigenvalue weighted by atomic mass is 10.2. The Morgan fingerprint density at radius 2 is 2.11 bits per heavy atom. The highest BCUT2D eigenvalue weighted by Gasteiger charge is 2.10. The third-order valence-corrected chi connectivity index (χ3v) is 2.42. The molecule has 0 radical (unpaired) electrons. The summed E-state index contributed by atoms with van der Waals surface area (Å²) in [5.74, 6) is -0.669. The zero-order valence-electron chi connectivity index (χ0n) is 10.0. The number of hydrogen-bond acceptors (Lipinski definition) is 5. The molecule has 1 atom stereocenters. The van der Waals surface area contributed by atoms with Gasteiger partial charge in [0.25, 0.3) is 0 Å². The number of nitrogens with zero attached hydrogens (tertiary/aromatic N) is 4. The summed E-state index contributed by atoms with van der Waals surface area (Å²) in [6.45, 7) is 1.93. The minimum absolute atomic E-state index is 0.0538. The SMILES string of the molecule is C[C@@H](Nc1ncc(C(=O)O)cn1)c1ccn(C)n1. The summed E-state index contributed by atoms with van der Waals surface area (Å²) in [5.41, 5.74) is 0.925. The number of aromatic carboxylic acids is 1. The molecule has 0 saturated carbocycles. The number of carboxylic acid groups (broad SMARTS) is 1. The number of rotatable bonds is 4. The van der Waals surface area contributed by atoms with E-state index in [4.69, 9.17) is 5.11 Å². The Balaban J connectivity index is 2.07. The van der Waals surface area contributed by atoms with Crippen LogP contribution >= 0.6 is 0 Å². The minimum Gasteiger partial charge on any atom is -0.478 e. The maximum absolute atomic E-state index is 10.6. The van der Waals surface area contributed by atoms with E-state index >= 15 is 0 Å². The van der Waals surface area contributed by atoms with Gasteiger partial charge in [0.15, 0.2) is 0 Å². The zero-order chi connectivity index (χ0) is 13.1. The number of carbonyl (C=O) groups is 1. The molecule has 7 nitrogen and oxygen atoms in total. The monoisotopic (exact) mass is 247 g/mol. The first-order valence-electron chi connectivity index (χ1n) is 5.37. The van der Waals surface area contributed by atoms with Gasteiger partial charge in [-0.3, -0.25) is 4.68 Å². The van der Waals surface area contributed by atoms with Gasteiger partial charge < -0.3 is 10.4 Å². The van der Waals surface area contributed by atoms with Gasteiger partial charge in [0.2, 0.25) is 5.95 Å². The smallest absolute Gasteiger partial charge is 0.338 e. The average Bonchev–Trinajstić information content (AvgIpc) is 2.76. The molecule has 0 aliphatic heterocycles. The van der Waals surface area contributed by atoms with Crippen molar-refractivity contribution in [1.29, 1.82) is 0 Å². The van der Waals surface area contributed by atoms with E-state index in [0.29, 0.717) is 5.95 Å². The van der Waals surface area contributed by atoms with Crippen molar-refractivity contribution in [3.63, 3.8) is 0 Å². The van der Waals surface area contributed by atoms with Crippen LogP contribution in [0.4, 0.5) is 5.95 Å². The largest absolute Gasteiger partial charge is 0.478 e. The third-order valence-electron chi connectivity index (χ3n) is 2.42. The lowest BCUT2D eigenvalue weighted by molar-refractivity contribution is 0.0696. The van der Waals surface area contributed by atoms with E-state index in [1.165, 1.54) is 12.4 Å². The Morgan fingerprint density at radius 3 is 2.61 bits per heavy atom. The molecule has 0 fully saturated rings. The first kappa shape index (κ1) is 12.0. The van der Waals surface area contributed by atoms with Crippen molar-refractivity contribution in [1.82, 2.24) is 19.7 Å². The lowest BCUT2D eigenvalue weighted by Gasteiger charge is -2.10. The van der Waals surface area contributed by atoms with E-state index in [1.54, 1.807) is 4.68 Å². The van der Waals surface area contributed by atoms with Gasteiger partial charge in [-0.05, 0) is 13.0 Å². The van der Waals surface area contributed by atoms with E-state index in [1.807, 2.05) is 26.2 Å². The van der Waals surface area contributed by atoms with Crippen molar-refractivity contribution in [2.75, 3.05) is 5.32 Å². The van der Waals surface area contributed by atoms with Crippen LogP contribution in [0.1, 0.15) is 29.0 Å². The molecule has 0 aliphatic rings. The van der Waals surface area contributed by atoms with Crippen LogP contribution in [0.25, 0.3) is 0 Å². The summed E-state index contributed by atoms with van der Waals surface area (Å²) in [4.78, 5) is 18.5. The van der Waals surface area contributed by atoms with E-state index in [2.05, 4.69) is 20.4 Å². The fourth-order valence-electron chi connectivity index (χ4n) is 1.44. The van der Waals surface area contributed by atoms with Crippen LogP contribution in [0.2, 0.25) is 0 Å². The van der Waals surface area contributed by atoms with Crippen LogP contribution in [0, 0.1) is 0 Å². The molecule has 2 N–H and O–H groups in total. The second-order valence-corrected chi connectivity index (χ2v) is 3.88. The van der Waals surface area contributed by atoms with Gasteiger partial charge in [0, 0.05) is 25.6 Å². The predicted octanol–water partition coefficient (Wildman–Crippen LogP) is 1.08. The van der Waals surface area contributed by atoms with Crippen LogP contribution < -0.4 is 5.32 Å². The number of aromatic nitrogens is 4. The summed E-state index contributed by atoms with van der Waals surface area (Å²) in [7, 11) is 1.84. The van der Waals surface area contributed by atoms with E-state index < -0.39 is 5.97 Å². The Kier molecular flexibility index (Phi) is 3.22. The van der Waals surface area contributed by atoms with E-state index in [-0.39, 0.29) is 11.6 Å². The molecule has 2 aromatic heterocycles. The van der Waals surface area contributed by atoms with Gasteiger partial charge >= 0.3 is 5.97 Å². The standard InChI is InChI=1S/C11H13N5O2/c1-7(9-3-4-16(2)15-9)14-11-12-5-8(6-13-11)10(17)18/h3-7H,1-2H3,(H,17,18)(H,12,13,14)/t7-/m1/s1. The Hall–Kier alpha value is -2.44. The summed E-state index contributed by atoms with van der Waals surface area (Å²) in [6.07, 6.45) is 4.38. The predicted molar refractivity (Wildman–Crippen MR) is 64.2 cm³/mol. The molecule has 0 spiro atoms. The second-order valence-electron chi connectivity index (χ2n) is 3.88. The maximum Gasteiger partial charge on any atom is 0.338 e. The van der Waals surface area contributed by atoms with Crippen LogP contribution in [-0.4, -0.2) is 30.8 Å². The summed E-state index contributed by atoms with van der Waals surface area (Å²) in [6, 6.07) is 1.84. The van der Waals surface area contributed by atoms with Crippen molar-refractivity contribution in [2.24, 2.45) is 7.05 Å². The summed E-state index contributed by atoms with van der Waals surface area (Å²) >= 11 is 0. The topological polar surface area (TPSA) is 92.9 Å². The van der Waals surface area contributed by atoms with Crippen molar-refractivity contribution >= 4 is 11.9 Å². The number of hydrogen-bond donors (Lipinski definition) is 2. The molecule has 94 valence electrons. The molecule has 2 aromatic rings. The molecule has 18 heavy (non-hydrogen) atoms. The van der Waals surface area contributed by atoms with Crippen molar-refractivity contribution < 1.29 is 9.90 Å². The highest BCUT2D eigenvalue weighted by molar-refractivity contribution is 5.86. The molecule has 0 amide bonds. The molecular formula is C11H13N5O2. The molecule has 0 aliphatic carbocycles. The fourth-order valence-corrected chi connectivity index (χ4v) is 1.44. The molecule has 0 unspecified atom stereocenters. The Morgan fingerprint density at radius 1 is 1.44 bits per heavy atom. The van der Waals surface area contributed by atoms with Crippen molar-refractivity contribution in [3.05, 3.63) is 35.9 Å². The normalized spacial score (nSPS) is 12.1. The van der Waals surface area contributed by atoms with Gasteiger partial charge in [0.05, 0.1) is 17.3 Å². The number of nitrogens with one attached hydrogen (secondary N) is 1. The molecule has 0 bridgehead atoms. The minimum atomic E-state index is -1.04. The van der Waals surface area contributed by atoms with Crippen LogP contribution in [-0.2, 0) is 7.05 Å². The van der Waals surface area contributed by atoms with Crippen LogP contribution in [0.3, 0.4) is 0 Å². The highest BCUT2D eigenvalue weighted by atomic mass is 16.4. The molecule has 7 heteroatoms. The van der Waals surface area contributed by atoms with Gasteiger partial charge in [-0.2, -0.15) is 5.10 Å². The highest BCUT2D eigenvalue weighted by Crippen LogP contribution is 2.14. The number of aryl methyl sites for hydroxylation is 1. The van der Waals surface area contributed by atoms with Gasteiger partial charge in [-0.25, -0.2) is 14.8 Å². The van der Waals surface area contributed by atoms with Gasteiger partial charge in [-0.1, -0.05) is 0 Å². The quantitative estimate of drug-likeness (QED) is 0.839. The Bertz CT molecular complexity index is 549. The van der Waals surface area contributed by atoms with Crippen LogP contribution in [0.15, 0.2) is 24.7 Å². The van der Waals surface area contributed by atoms with Crippen molar-refractivity contribution in [3.8, 4) is 0 Å². The first-order chi connectivity index (χ1) is 8.56. The lowest BCUT2D eigenvalue weighted by Crippen LogP contribution is -2.11. The van der Waals surface area contributed by atoms with Gasteiger partial charge in [0.1, 0.15) is 0 Å². The van der Waals surface area contributed by atoms with E-state index in [9.17, 15) is 4.79 Å². The molecule has 0 saturated heterocycles. The second kappa shape index (κ2) is 4.82. The fraction of sp³-hybridized carbons (Fsp3) is 0.273. The molecule has 2 heterocycles. The maximum atomic E-state index is 10.6. The average molecular weight is 247 g/mol. The summed E-state index contributed by atoms with van der Waals surface area (Å²) < 4.78 is 1.71. The third kappa shape index (κ3) is 2.62. The zero-order valence-corrected chi connectivity index (χ0v) is 10.0. The number of anilines is 1. The van der Waals surface area contributed by atoms with Crippen molar-refractivity contribution in [2.45, 2.75) is 13.0 Å². The molecule has 0 aromatic carbocycles. The molecular weight excluding hydrogens is 234 g/mol. The number of carboxylic acids is 1. The van der Waals surface area contributed by atoms with Gasteiger partial charge in [-0.15, -0.1) is 0 Å². The Labute approximate surface area is 104 Å². The van der Waals surface area contributed by atoms with Crippen LogP contribution in [0.5, 0.6) is 0 Å². The molecule has 2 rings (SSSR count).